The van der Waals surface area contributed by atoms with Gasteiger partial charge in [-0.05, 0) is 40.5 Å². The molecule has 0 bridgehead atoms. The number of aromatic nitrogens is 3. The van der Waals surface area contributed by atoms with Gasteiger partial charge in [0.25, 0.3) is 0 Å². The maximum absolute atomic E-state index is 12.7. The molecular formula is C15H13BrClFN4O. The number of nitrogens with zero attached hydrogens (tertiary/aromatic N) is 3. The van der Waals surface area contributed by atoms with Gasteiger partial charge in [0, 0.05) is 17.3 Å². The molecule has 2 N–H and O–H groups in total. The molecule has 0 aliphatic rings. The Morgan fingerprint density at radius 2 is 2.22 bits per heavy atom. The summed E-state index contributed by atoms with van der Waals surface area (Å²) >= 11 is 9.18. The van der Waals surface area contributed by atoms with Crippen molar-refractivity contribution >= 4 is 49.8 Å². The smallest absolute Gasteiger partial charge is 0.224 e. The van der Waals surface area contributed by atoms with Crippen LogP contribution in [0.15, 0.2) is 28.9 Å². The Balaban J connectivity index is 2.15. The highest BCUT2D eigenvalue weighted by molar-refractivity contribution is 9.10. The van der Waals surface area contributed by atoms with Crippen LogP contribution in [0, 0.1) is 6.92 Å². The zero-order valence-electron chi connectivity index (χ0n) is 12.1. The lowest BCUT2D eigenvalue weighted by molar-refractivity contribution is 0.383. The molecule has 0 saturated heterocycles. The number of rotatable bonds is 4. The van der Waals surface area contributed by atoms with E-state index < -0.39 is 6.67 Å². The van der Waals surface area contributed by atoms with Crippen LogP contribution in [0.3, 0.4) is 0 Å². The first-order chi connectivity index (χ1) is 11.0. The SMILES string of the molecule is Cc1c2cccc(Nc3nc(Cl)ncc3Br)c2c(O)n1CCF. The van der Waals surface area contributed by atoms with Crippen molar-refractivity contribution in [3.63, 3.8) is 0 Å². The molecule has 0 atom stereocenters. The molecule has 0 fully saturated rings. The van der Waals surface area contributed by atoms with Crippen molar-refractivity contribution in [1.82, 2.24) is 14.5 Å². The number of hydrogen-bond donors (Lipinski definition) is 2. The number of alkyl halides is 1. The Morgan fingerprint density at radius 3 is 2.96 bits per heavy atom. The summed E-state index contributed by atoms with van der Waals surface area (Å²) < 4.78 is 14.9. The number of aromatic hydroxyl groups is 1. The Hall–Kier alpha value is -1.86. The second-order valence-electron chi connectivity index (χ2n) is 4.94. The van der Waals surface area contributed by atoms with Crippen LogP contribution in [-0.4, -0.2) is 26.3 Å². The summed E-state index contributed by atoms with van der Waals surface area (Å²) in [5, 5.41) is 15.2. The molecule has 3 rings (SSSR count). The van der Waals surface area contributed by atoms with Crippen molar-refractivity contribution in [3.8, 4) is 5.88 Å². The van der Waals surface area contributed by atoms with Crippen LogP contribution in [0.2, 0.25) is 5.28 Å². The molecule has 0 unspecified atom stereocenters. The van der Waals surface area contributed by atoms with Gasteiger partial charge < -0.3 is 15.0 Å². The summed E-state index contributed by atoms with van der Waals surface area (Å²) in [6.07, 6.45) is 1.54. The molecule has 2 aromatic heterocycles. The summed E-state index contributed by atoms with van der Waals surface area (Å²) in [5.74, 6) is 0.502. The maximum Gasteiger partial charge on any atom is 0.224 e. The molecule has 0 radical (unpaired) electrons. The van der Waals surface area contributed by atoms with Crippen LogP contribution < -0.4 is 5.32 Å². The van der Waals surface area contributed by atoms with E-state index in [4.69, 9.17) is 11.6 Å². The topological polar surface area (TPSA) is 63.0 Å². The fraction of sp³-hybridized carbons (Fsp3) is 0.200. The van der Waals surface area contributed by atoms with Crippen molar-refractivity contribution in [2.75, 3.05) is 12.0 Å². The first-order valence-electron chi connectivity index (χ1n) is 6.84. The lowest BCUT2D eigenvalue weighted by atomic mass is 10.1. The third-order valence-electron chi connectivity index (χ3n) is 3.61. The fourth-order valence-corrected chi connectivity index (χ4v) is 2.98. The average molecular weight is 400 g/mol. The quantitative estimate of drug-likeness (QED) is 0.631. The number of halogens is 3. The third-order valence-corrected chi connectivity index (χ3v) is 4.38. The van der Waals surface area contributed by atoms with Crippen LogP contribution in [0.25, 0.3) is 10.8 Å². The summed E-state index contributed by atoms with van der Waals surface area (Å²) in [7, 11) is 0. The van der Waals surface area contributed by atoms with E-state index >= 15 is 0 Å². The number of aryl methyl sites for hydroxylation is 1. The number of anilines is 2. The van der Waals surface area contributed by atoms with Gasteiger partial charge in [-0.25, -0.2) is 9.37 Å². The van der Waals surface area contributed by atoms with Gasteiger partial charge in [0.05, 0.1) is 22.1 Å². The van der Waals surface area contributed by atoms with Crippen molar-refractivity contribution in [2.24, 2.45) is 0 Å². The van der Waals surface area contributed by atoms with E-state index in [1.54, 1.807) is 4.57 Å². The predicted molar refractivity (Wildman–Crippen MR) is 92.3 cm³/mol. The van der Waals surface area contributed by atoms with Crippen LogP contribution in [0.5, 0.6) is 5.88 Å². The maximum atomic E-state index is 12.7. The number of hydrogen-bond acceptors (Lipinski definition) is 4. The average Bonchev–Trinajstić information content (AvgIpc) is 2.77. The minimum absolute atomic E-state index is 0.0227. The van der Waals surface area contributed by atoms with Gasteiger partial charge in [-0.1, -0.05) is 12.1 Å². The van der Waals surface area contributed by atoms with Crippen molar-refractivity contribution < 1.29 is 9.50 Å². The molecule has 0 saturated carbocycles. The molecule has 0 amide bonds. The molecule has 120 valence electrons. The summed E-state index contributed by atoms with van der Waals surface area (Å²) in [5.41, 5.74) is 1.45. The van der Waals surface area contributed by atoms with Gasteiger partial charge in [-0.3, -0.25) is 0 Å². The molecule has 1 aromatic carbocycles. The zero-order chi connectivity index (χ0) is 16.6. The number of benzene rings is 1. The van der Waals surface area contributed by atoms with Gasteiger partial charge in [0.1, 0.15) is 12.5 Å². The predicted octanol–water partition coefficient (Wildman–Crippen LogP) is 4.57. The van der Waals surface area contributed by atoms with Crippen molar-refractivity contribution in [1.29, 1.82) is 0 Å². The number of nitrogens with one attached hydrogen (secondary N) is 1. The van der Waals surface area contributed by atoms with Gasteiger partial charge in [0.2, 0.25) is 11.2 Å². The summed E-state index contributed by atoms with van der Waals surface area (Å²) in [6.45, 7) is 1.40. The Labute approximate surface area is 145 Å². The first-order valence-corrected chi connectivity index (χ1v) is 8.01. The van der Waals surface area contributed by atoms with E-state index in [0.717, 1.165) is 11.1 Å². The normalized spacial score (nSPS) is 11.1. The van der Waals surface area contributed by atoms with Gasteiger partial charge in [0.15, 0.2) is 0 Å². The second kappa shape index (κ2) is 6.33. The standard InChI is InChI=1S/C15H13BrClFN4O/c1-8-9-3-2-4-11(12(9)14(23)22(8)6-5-18)20-13-10(16)7-19-15(17)21-13/h2-4,7,23H,5-6H2,1H3,(H,19,20,21). The molecule has 0 aliphatic carbocycles. The second-order valence-corrected chi connectivity index (χ2v) is 6.13. The Kier molecular flexibility index (Phi) is 4.41. The zero-order valence-corrected chi connectivity index (χ0v) is 14.5. The first kappa shape index (κ1) is 16.0. The van der Waals surface area contributed by atoms with E-state index in [2.05, 4.69) is 31.2 Å². The van der Waals surface area contributed by atoms with E-state index in [1.807, 2.05) is 25.1 Å². The Morgan fingerprint density at radius 1 is 1.43 bits per heavy atom. The largest absolute Gasteiger partial charge is 0.494 e. The highest BCUT2D eigenvalue weighted by atomic mass is 79.9. The fourth-order valence-electron chi connectivity index (χ4n) is 2.56. The molecule has 2 heterocycles. The van der Waals surface area contributed by atoms with Crippen LogP contribution in [0.4, 0.5) is 15.9 Å². The third kappa shape index (κ3) is 2.86. The summed E-state index contributed by atoms with van der Waals surface area (Å²) in [6, 6.07) is 5.55. The van der Waals surface area contributed by atoms with Crippen LogP contribution in [-0.2, 0) is 6.54 Å². The van der Waals surface area contributed by atoms with Gasteiger partial charge in [-0.2, -0.15) is 4.98 Å². The molecule has 3 aromatic rings. The van der Waals surface area contributed by atoms with Crippen LogP contribution >= 0.6 is 27.5 Å². The van der Waals surface area contributed by atoms with Crippen molar-refractivity contribution in [2.45, 2.75) is 13.5 Å². The monoisotopic (exact) mass is 398 g/mol. The van der Waals surface area contributed by atoms with Crippen molar-refractivity contribution in [3.05, 3.63) is 39.8 Å². The lowest BCUT2D eigenvalue weighted by Gasteiger charge is -2.09. The number of fused-ring (bicyclic) bond motifs is 1. The Bertz CT molecular complexity index is 884. The van der Waals surface area contributed by atoms with E-state index in [0.29, 0.717) is 21.4 Å². The van der Waals surface area contributed by atoms with E-state index in [-0.39, 0.29) is 17.7 Å². The van der Waals surface area contributed by atoms with Gasteiger partial charge >= 0.3 is 0 Å². The molecule has 5 nitrogen and oxygen atoms in total. The minimum Gasteiger partial charge on any atom is -0.494 e. The summed E-state index contributed by atoms with van der Waals surface area (Å²) in [4.78, 5) is 7.99. The van der Waals surface area contributed by atoms with Crippen LogP contribution in [0.1, 0.15) is 5.69 Å². The highest BCUT2D eigenvalue weighted by Crippen LogP contribution is 2.38. The molecule has 0 aliphatic heterocycles. The van der Waals surface area contributed by atoms with Gasteiger partial charge in [-0.15, -0.1) is 0 Å². The molecule has 8 heteroatoms. The van der Waals surface area contributed by atoms with E-state index in [9.17, 15) is 9.50 Å². The lowest BCUT2D eigenvalue weighted by Crippen LogP contribution is -2.00. The highest BCUT2D eigenvalue weighted by Gasteiger charge is 2.17. The molecule has 0 spiro atoms. The molecule has 23 heavy (non-hydrogen) atoms. The van der Waals surface area contributed by atoms with E-state index in [1.165, 1.54) is 6.20 Å². The minimum atomic E-state index is -0.550. The molecular weight excluding hydrogens is 387 g/mol.